The monoisotopic (exact) mass is 223 g/mol. The van der Waals surface area contributed by atoms with Gasteiger partial charge in [-0.25, -0.2) is 4.79 Å². The molecular weight excluding hydrogens is 206 g/mol. The summed E-state index contributed by atoms with van der Waals surface area (Å²) in [4.78, 5) is 11.0. The third-order valence-corrected chi connectivity index (χ3v) is 2.05. The van der Waals surface area contributed by atoms with Crippen LogP contribution in [0.3, 0.4) is 0 Å². The summed E-state index contributed by atoms with van der Waals surface area (Å²) in [6.07, 6.45) is 4.80. The molecule has 0 bridgehead atoms. The lowest BCUT2D eigenvalue weighted by Gasteiger charge is -2.08. The van der Waals surface area contributed by atoms with Gasteiger partial charge in [0.25, 0.3) is 0 Å². The number of rotatable bonds is 6. The van der Waals surface area contributed by atoms with Crippen LogP contribution in [0.2, 0.25) is 0 Å². The van der Waals surface area contributed by atoms with Gasteiger partial charge in [0.1, 0.15) is 5.76 Å². The van der Waals surface area contributed by atoms with Crippen LogP contribution in [0.25, 0.3) is 0 Å². The van der Waals surface area contributed by atoms with Crippen LogP contribution in [0.15, 0.2) is 35.0 Å². The van der Waals surface area contributed by atoms with Crippen molar-refractivity contribution in [2.45, 2.75) is 19.9 Å². The van der Waals surface area contributed by atoms with E-state index < -0.39 is 0 Å². The smallest absolute Gasteiger partial charge is 0.330 e. The molecule has 0 fully saturated rings. The van der Waals surface area contributed by atoms with Gasteiger partial charge in [0.15, 0.2) is 0 Å². The van der Waals surface area contributed by atoms with Crippen molar-refractivity contribution in [2.75, 3.05) is 13.2 Å². The van der Waals surface area contributed by atoms with Gasteiger partial charge in [0, 0.05) is 12.6 Å². The molecule has 0 aliphatic rings. The topological polar surface area (TPSA) is 51.5 Å². The second kappa shape index (κ2) is 6.85. The van der Waals surface area contributed by atoms with Gasteiger partial charge in [-0.15, -0.1) is 0 Å². The second-order valence-electron chi connectivity index (χ2n) is 3.30. The van der Waals surface area contributed by atoms with Gasteiger partial charge in [-0.3, -0.25) is 0 Å². The highest BCUT2D eigenvalue weighted by Crippen LogP contribution is 2.11. The molecule has 4 heteroatoms. The molecule has 1 heterocycles. The first-order valence-electron chi connectivity index (χ1n) is 5.34. The third-order valence-electron chi connectivity index (χ3n) is 2.05. The predicted molar refractivity (Wildman–Crippen MR) is 60.9 cm³/mol. The molecule has 88 valence electrons. The van der Waals surface area contributed by atoms with E-state index in [1.807, 2.05) is 19.1 Å². The maximum absolute atomic E-state index is 11.0. The Morgan fingerprint density at radius 3 is 3.12 bits per heavy atom. The Kier molecular flexibility index (Phi) is 5.36. The van der Waals surface area contributed by atoms with Crippen LogP contribution in [0.4, 0.5) is 0 Å². The molecule has 1 unspecified atom stereocenters. The highest BCUT2D eigenvalue weighted by molar-refractivity contribution is 5.81. The van der Waals surface area contributed by atoms with Crippen molar-refractivity contribution in [3.63, 3.8) is 0 Å². The third kappa shape index (κ3) is 4.31. The van der Waals surface area contributed by atoms with Gasteiger partial charge in [-0.05, 0) is 26.0 Å². The fourth-order valence-corrected chi connectivity index (χ4v) is 1.23. The highest BCUT2D eigenvalue weighted by Gasteiger charge is 2.05. The van der Waals surface area contributed by atoms with Crippen molar-refractivity contribution >= 4 is 5.97 Å². The largest absolute Gasteiger partial charge is 0.468 e. The zero-order valence-electron chi connectivity index (χ0n) is 9.60. The molecule has 1 rings (SSSR count). The van der Waals surface area contributed by atoms with E-state index in [4.69, 9.17) is 9.15 Å². The molecule has 1 atom stereocenters. The van der Waals surface area contributed by atoms with Crippen molar-refractivity contribution in [2.24, 2.45) is 0 Å². The molecule has 0 saturated carbocycles. The highest BCUT2D eigenvalue weighted by atomic mass is 16.5. The summed E-state index contributed by atoms with van der Waals surface area (Å²) >= 11 is 0. The van der Waals surface area contributed by atoms with Crippen LogP contribution >= 0.6 is 0 Å². The van der Waals surface area contributed by atoms with Crippen molar-refractivity contribution in [1.82, 2.24) is 5.32 Å². The Morgan fingerprint density at radius 1 is 1.69 bits per heavy atom. The molecule has 1 aromatic heterocycles. The average molecular weight is 223 g/mol. The van der Waals surface area contributed by atoms with Gasteiger partial charge >= 0.3 is 5.97 Å². The summed E-state index contributed by atoms with van der Waals surface area (Å²) in [5.41, 5.74) is 0. The molecule has 0 saturated heterocycles. The lowest BCUT2D eigenvalue weighted by Crippen LogP contribution is -2.18. The summed E-state index contributed by atoms with van der Waals surface area (Å²) in [6, 6.07) is 3.89. The van der Waals surface area contributed by atoms with E-state index in [1.165, 1.54) is 6.08 Å². The molecule has 4 nitrogen and oxygen atoms in total. The summed E-state index contributed by atoms with van der Waals surface area (Å²) < 4.78 is 9.98. The van der Waals surface area contributed by atoms with Crippen LogP contribution in [0.5, 0.6) is 0 Å². The molecule has 1 N–H and O–H groups in total. The van der Waals surface area contributed by atoms with Crippen LogP contribution in [0, 0.1) is 0 Å². The number of hydrogen-bond acceptors (Lipinski definition) is 4. The minimum Gasteiger partial charge on any atom is -0.468 e. The maximum atomic E-state index is 11.0. The quantitative estimate of drug-likeness (QED) is 0.592. The summed E-state index contributed by atoms with van der Waals surface area (Å²) in [7, 11) is 0. The van der Waals surface area contributed by atoms with E-state index in [2.05, 4.69) is 5.32 Å². The van der Waals surface area contributed by atoms with E-state index in [0.29, 0.717) is 13.2 Å². The van der Waals surface area contributed by atoms with Crippen molar-refractivity contribution in [3.05, 3.63) is 36.3 Å². The number of ether oxygens (including phenoxy) is 1. The molecule has 16 heavy (non-hydrogen) atoms. The zero-order chi connectivity index (χ0) is 11.8. The van der Waals surface area contributed by atoms with Gasteiger partial charge in [-0.2, -0.15) is 0 Å². The predicted octanol–water partition coefficient (Wildman–Crippen LogP) is 2.05. The fraction of sp³-hybridized carbons (Fsp3) is 0.417. The molecule has 1 aromatic rings. The van der Waals surface area contributed by atoms with E-state index >= 15 is 0 Å². The van der Waals surface area contributed by atoms with Crippen molar-refractivity contribution in [3.8, 4) is 0 Å². The van der Waals surface area contributed by atoms with E-state index in [1.54, 1.807) is 19.3 Å². The van der Waals surface area contributed by atoms with Gasteiger partial charge in [0.05, 0.1) is 18.9 Å². The molecule has 0 aliphatic carbocycles. The van der Waals surface area contributed by atoms with Crippen molar-refractivity contribution in [1.29, 1.82) is 0 Å². The summed E-state index contributed by atoms with van der Waals surface area (Å²) in [5.74, 6) is 0.569. The van der Waals surface area contributed by atoms with E-state index in [-0.39, 0.29) is 12.0 Å². The SMILES string of the molecule is CCOC(=O)/C=C/CNC(C)c1ccco1. The standard InChI is InChI=1S/C12H17NO3/c1-3-15-12(14)7-4-8-13-10(2)11-6-5-9-16-11/h4-7,9-10,13H,3,8H2,1-2H3/b7-4+. The van der Waals surface area contributed by atoms with Crippen molar-refractivity contribution < 1.29 is 13.9 Å². The maximum Gasteiger partial charge on any atom is 0.330 e. The summed E-state index contributed by atoms with van der Waals surface area (Å²) in [6.45, 7) is 4.78. The fourth-order valence-electron chi connectivity index (χ4n) is 1.23. The molecule has 0 radical (unpaired) electrons. The first-order valence-corrected chi connectivity index (χ1v) is 5.34. The molecule has 0 aliphatic heterocycles. The Hall–Kier alpha value is -1.55. The first-order chi connectivity index (χ1) is 7.74. The Morgan fingerprint density at radius 2 is 2.50 bits per heavy atom. The number of nitrogens with one attached hydrogen (secondary N) is 1. The van der Waals surface area contributed by atoms with Gasteiger partial charge in [-0.1, -0.05) is 6.08 Å². The van der Waals surface area contributed by atoms with Crippen LogP contribution in [-0.4, -0.2) is 19.1 Å². The minimum absolute atomic E-state index is 0.127. The van der Waals surface area contributed by atoms with E-state index in [9.17, 15) is 4.79 Å². The number of carbonyl (C=O) groups is 1. The normalized spacial score (nSPS) is 12.9. The Labute approximate surface area is 95.3 Å². The van der Waals surface area contributed by atoms with Gasteiger partial charge < -0.3 is 14.5 Å². The van der Waals surface area contributed by atoms with Crippen LogP contribution < -0.4 is 5.32 Å². The molecule has 0 amide bonds. The molecular formula is C12H17NO3. The lowest BCUT2D eigenvalue weighted by molar-refractivity contribution is -0.137. The average Bonchev–Trinajstić information content (AvgIpc) is 2.78. The number of esters is 1. The zero-order valence-corrected chi connectivity index (χ0v) is 9.60. The molecule has 0 spiro atoms. The second-order valence-corrected chi connectivity index (χ2v) is 3.30. The Bertz CT molecular complexity index is 330. The first kappa shape index (κ1) is 12.5. The molecule has 0 aromatic carbocycles. The van der Waals surface area contributed by atoms with E-state index in [0.717, 1.165) is 5.76 Å². The number of furan rings is 1. The number of carbonyl (C=O) groups excluding carboxylic acids is 1. The van der Waals surface area contributed by atoms with Crippen LogP contribution in [-0.2, 0) is 9.53 Å². The lowest BCUT2D eigenvalue weighted by atomic mass is 10.2. The summed E-state index contributed by atoms with van der Waals surface area (Å²) in [5, 5.41) is 3.19. The van der Waals surface area contributed by atoms with Crippen LogP contribution in [0.1, 0.15) is 25.6 Å². The minimum atomic E-state index is -0.310. The Balaban J connectivity index is 2.23. The van der Waals surface area contributed by atoms with Gasteiger partial charge in [0.2, 0.25) is 0 Å². The number of hydrogen-bond donors (Lipinski definition) is 1.